The largest absolute Gasteiger partial charge is 0.460 e. The van der Waals surface area contributed by atoms with Crippen molar-refractivity contribution in [1.82, 2.24) is 0 Å². The third-order valence-corrected chi connectivity index (χ3v) is 4.69. The number of hydrogen-bond donors (Lipinski definition) is 0. The summed E-state index contributed by atoms with van der Waals surface area (Å²) in [6.07, 6.45) is 1.39. The van der Waals surface area contributed by atoms with Gasteiger partial charge in [0.2, 0.25) is 0 Å². The number of benzene rings is 1. The zero-order valence-corrected chi connectivity index (χ0v) is 12.6. The second-order valence-corrected chi connectivity index (χ2v) is 5.90. The van der Waals surface area contributed by atoms with Gasteiger partial charge in [-0.1, -0.05) is 37.3 Å². The SMILES string of the molecule is B[C@@H]1O[C@@]2(CC)CCOC1[C@H]2C(=O)OCc1ccccc1. The van der Waals surface area contributed by atoms with Gasteiger partial charge in [0.05, 0.1) is 17.7 Å². The van der Waals surface area contributed by atoms with Gasteiger partial charge in [-0.05, 0) is 12.0 Å². The molecular weight excluding hydrogens is 267 g/mol. The molecule has 0 spiro atoms. The van der Waals surface area contributed by atoms with Gasteiger partial charge in [0.1, 0.15) is 20.4 Å². The summed E-state index contributed by atoms with van der Waals surface area (Å²) in [6.45, 7) is 3.03. The van der Waals surface area contributed by atoms with Crippen LogP contribution in [0, 0.1) is 5.92 Å². The molecule has 1 aromatic carbocycles. The van der Waals surface area contributed by atoms with Crippen molar-refractivity contribution >= 4 is 13.8 Å². The van der Waals surface area contributed by atoms with Gasteiger partial charge in [-0.15, -0.1) is 0 Å². The highest BCUT2D eigenvalue weighted by Gasteiger charge is 2.59. The van der Waals surface area contributed by atoms with E-state index in [-0.39, 0.29) is 24.0 Å². The third kappa shape index (κ3) is 2.60. The minimum Gasteiger partial charge on any atom is -0.460 e. The van der Waals surface area contributed by atoms with Crippen molar-refractivity contribution in [3.8, 4) is 0 Å². The number of carbonyl (C=O) groups excluding carboxylic acids is 1. The molecule has 0 radical (unpaired) electrons. The Bertz CT molecular complexity index is 506. The molecule has 3 rings (SSSR count). The van der Waals surface area contributed by atoms with Crippen LogP contribution in [0.2, 0.25) is 0 Å². The maximum atomic E-state index is 12.6. The number of ether oxygens (including phenoxy) is 3. The van der Waals surface area contributed by atoms with Crippen molar-refractivity contribution in [1.29, 1.82) is 0 Å². The summed E-state index contributed by atoms with van der Waals surface area (Å²) >= 11 is 0. The molecule has 2 saturated heterocycles. The second-order valence-electron chi connectivity index (χ2n) is 5.90. The minimum atomic E-state index is -0.407. The first-order valence-electron chi connectivity index (χ1n) is 7.66. The third-order valence-electron chi connectivity index (χ3n) is 4.69. The monoisotopic (exact) mass is 288 g/mol. The van der Waals surface area contributed by atoms with Gasteiger partial charge in [0, 0.05) is 13.0 Å². The number of fused-ring (bicyclic) bond motifs is 2. The average molecular weight is 288 g/mol. The van der Waals surface area contributed by atoms with Gasteiger partial charge in [-0.2, -0.15) is 0 Å². The van der Waals surface area contributed by atoms with E-state index in [1.54, 1.807) is 0 Å². The van der Waals surface area contributed by atoms with Crippen molar-refractivity contribution in [2.45, 2.75) is 44.1 Å². The zero-order chi connectivity index (χ0) is 14.9. The topological polar surface area (TPSA) is 44.8 Å². The van der Waals surface area contributed by atoms with E-state index in [2.05, 4.69) is 6.92 Å². The van der Waals surface area contributed by atoms with Crippen molar-refractivity contribution in [2.24, 2.45) is 5.92 Å². The lowest BCUT2D eigenvalue weighted by Gasteiger charge is -2.37. The first-order valence-corrected chi connectivity index (χ1v) is 7.66. The van der Waals surface area contributed by atoms with Crippen LogP contribution >= 0.6 is 0 Å². The second kappa shape index (κ2) is 5.81. The van der Waals surface area contributed by atoms with Crippen LogP contribution in [0.1, 0.15) is 25.3 Å². The lowest BCUT2D eigenvalue weighted by atomic mass is 9.77. The van der Waals surface area contributed by atoms with Crippen LogP contribution < -0.4 is 0 Å². The molecule has 0 aliphatic carbocycles. The Morgan fingerprint density at radius 2 is 2.19 bits per heavy atom. The van der Waals surface area contributed by atoms with Gasteiger partial charge < -0.3 is 14.2 Å². The Kier molecular flexibility index (Phi) is 4.04. The standard InChI is InChI=1S/C16H21BO4/c1-2-16-8-9-19-13(14(17)21-16)12(16)15(18)20-10-11-6-4-3-5-7-11/h3-7,12-14H,2,8-10,17H2,1H3/t12-,13?,14+,16-/m0/s1. The Morgan fingerprint density at radius 1 is 1.43 bits per heavy atom. The van der Waals surface area contributed by atoms with Gasteiger partial charge in [0.25, 0.3) is 0 Å². The van der Waals surface area contributed by atoms with Crippen LogP contribution in [0.25, 0.3) is 0 Å². The fraction of sp³-hybridized carbons (Fsp3) is 0.562. The smallest absolute Gasteiger partial charge is 0.314 e. The molecule has 21 heavy (non-hydrogen) atoms. The zero-order valence-electron chi connectivity index (χ0n) is 12.6. The minimum absolute atomic E-state index is 0.0540. The van der Waals surface area contributed by atoms with Gasteiger partial charge >= 0.3 is 5.97 Å². The van der Waals surface area contributed by atoms with Gasteiger partial charge in [-0.25, -0.2) is 0 Å². The summed E-state index contributed by atoms with van der Waals surface area (Å²) in [4.78, 5) is 12.6. The van der Waals surface area contributed by atoms with E-state index >= 15 is 0 Å². The number of rotatable bonds is 4. The summed E-state index contributed by atoms with van der Waals surface area (Å²) in [6, 6.07) is 9.68. The summed E-state index contributed by atoms with van der Waals surface area (Å²) in [5.74, 6) is -0.510. The molecule has 0 amide bonds. The molecule has 1 aromatic rings. The molecule has 112 valence electrons. The fourth-order valence-electron chi connectivity index (χ4n) is 3.54. The predicted octanol–water partition coefficient (Wildman–Crippen LogP) is 1.27. The summed E-state index contributed by atoms with van der Waals surface area (Å²) in [5, 5.41) is 0. The van der Waals surface area contributed by atoms with E-state index in [9.17, 15) is 4.79 Å². The molecule has 2 aliphatic rings. The molecule has 2 heterocycles. The highest BCUT2D eigenvalue weighted by atomic mass is 16.6. The van der Waals surface area contributed by atoms with E-state index in [0.717, 1.165) is 18.4 Å². The Morgan fingerprint density at radius 3 is 2.90 bits per heavy atom. The van der Waals surface area contributed by atoms with Gasteiger partial charge in [-0.3, -0.25) is 4.79 Å². The van der Waals surface area contributed by atoms with Crippen molar-refractivity contribution in [2.75, 3.05) is 6.61 Å². The molecular formula is C16H21BO4. The lowest BCUT2D eigenvalue weighted by molar-refractivity contribution is -0.167. The van der Waals surface area contributed by atoms with Crippen LogP contribution in [0.3, 0.4) is 0 Å². The van der Waals surface area contributed by atoms with Gasteiger partial charge in [0.15, 0.2) is 0 Å². The predicted molar refractivity (Wildman–Crippen MR) is 80.5 cm³/mol. The Labute approximate surface area is 126 Å². The van der Waals surface area contributed by atoms with Crippen LogP contribution in [-0.2, 0) is 25.6 Å². The molecule has 0 aromatic heterocycles. The quantitative estimate of drug-likeness (QED) is 0.618. The highest BCUT2D eigenvalue weighted by Crippen LogP contribution is 2.46. The molecule has 2 bridgehead atoms. The average Bonchev–Trinajstić information content (AvgIpc) is 2.69. The molecule has 0 saturated carbocycles. The van der Waals surface area contributed by atoms with E-state index in [1.165, 1.54) is 0 Å². The van der Waals surface area contributed by atoms with E-state index in [0.29, 0.717) is 13.2 Å². The maximum Gasteiger partial charge on any atom is 0.314 e. The van der Waals surface area contributed by atoms with Crippen LogP contribution in [0.5, 0.6) is 0 Å². The molecule has 1 unspecified atom stereocenters. The molecule has 4 nitrogen and oxygen atoms in total. The first-order chi connectivity index (χ1) is 10.2. The number of carbonyl (C=O) groups is 1. The van der Waals surface area contributed by atoms with Crippen molar-refractivity contribution in [3.05, 3.63) is 35.9 Å². The summed E-state index contributed by atoms with van der Waals surface area (Å²) < 4.78 is 17.4. The molecule has 5 heteroatoms. The molecule has 2 aliphatic heterocycles. The normalized spacial score (nSPS) is 34.6. The van der Waals surface area contributed by atoms with Crippen LogP contribution in [-0.4, -0.2) is 38.1 Å². The fourth-order valence-corrected chi connectivity index (χ4v) is 3.54. The molecule has 0 N–H and O–H groups in total. The maximum absolute atomic E-state index is 12.6. The first kappa shape index (κ1) is 14.6. The van der Waals surface area contributed by atoms with Crippen molar-refractivity contribution in [3.63, 3.8) is 0 Å². The Hall–Kier alpha value is -1.33. The van der Waals surface area contributed by atoms with Crippen molar-refractivity contribution < 1.29 is 19.0 Å². The van der Waals surface area contributed by atoms with E-state index in [1.807, 2.05) is 38.2 Å². The number of hydrogen-bond acceptors (Lipinski definition) is 4. The number of esters is 1. The Balaban J connectivity index is 1.71. The highest BCUT2D eigenvalue weighted by molar-refractivity contribution is 6.12. The summed E-state index contributed by atoms with van der Waals surface area (Å²) in [5.41, 5.74) is 0.588. The molecule has 4 atom stereocenters. The van der Waals surface area contributed by atoms with Crippen LogP contribution in [0.15, 0.2) is 30.3 Å². The van der Waals surface area contributed by atoms with E-state index < -0.39 is 5.60 Å². The lowest BCUT2D eigenvalue weighted by Crippen LogP contribution is -2.49. The van der Waals surface area contributed by atoms with Crippen LogP contribution in [0.4, 0.5) is 0 Å². The summed E-state index contributed by atoms with van der Waals surface area (Å²) in [7, 11) is 1.98. The molecule has 2 fully saturated rings. The van der Waals surface area contributed by atoms with E-state index in [4.69, 9.17) is 14.2 Å².